The monoisotopic (exact) mass is 241 g/mol. The fourth-order valence-electron chi connectivity index (χ4n) is 0.671. The zero-order chi connectivity index (χ0) is 8.41. The Balaban J connectivity index is -0.0000000569. The van der Waals surface area contributed by atoms with E-state index in [2.05, 4.69) is 25.7 Å². The van der Waals surface area contributed by atoms with E-state index in [1.54, 1.807) is 0 Å². The zero-order valence-corrected chi connectivity index (χ0v) is 13.1. The van der Waals surface area contributed by atoms with Crippen molar-refractivity contribution >= 4 is 23.2 Å². The first-order valence-electron chi connectivity index (χ1n) is 3.60. The molecule has 0 spiro atoms. The molecule has 0 bridgehead atoms. The van der Waals surface area contributed by atoms with Crippen molar-refractivity contribution in [1.29, 1.82) is 0 Å². The van der Waals surface area contributed by atoms with E-state index in [4.69, 9.17) is 23.2 Å². The summed E-state index contributed by atoms with van der Waals surface area (Å²) in [6.07, 6.45) is 0. The van der Waals surface area contributed by atoms with Crippen LogP contribution in [0, 0.1) is 0 Å². The van der Waals surface area contributed by atoms with Crippen molar-refractivity contribution in [3.63, 3.8) is 0 Å². The summed E-state index contributed by atoms with van der Waals surface area (Å²) in [5.74, 6) is 0. The van der Waals surface area contributed by atoms with Crippen molar-refractivity contribution in [1.82, 2.24) is 4.90 Å². The van der Waals surface area contributed by atoms with Crippen LogP contribution in [0.4, 0.5) is 0 Å². The first kappa shape index (κ1) is 23.7. The third-order valence-electron chi connectivity index (χ3n) is 1.34. The Kier molecular flexibility index (Phi) is 45.9. The summed E-state index contributed by atoms with van der Waals surface area (Å²) in [4.78, 5) is 2.38. The van der Waals surface area contributed by atoms with Gasteiger partial charge in [-0.15, -0.1) is 23.2 Å². The maximum atomic E-state index is 4.76. The van der Waals surface area contributed by atoms with Gasteiger partial charge in [0.05, 0.1) is 5.34 Å². The maximum absolute atomic E-state index is 4.76. The van der Waals surface area contributed by atoms with Gasteiger partial charge in [-0.05, 0) is 19.6 Å². The normalized spacial score (nSPS) is 7.50. The van der Waals surface area contributed by atoms with Crippen LogP contribution in [0.15, 0.2) is 0 Å². The summed E-state index contributed by atoms with van der Waals surface area (Å²) in [5.41, 5.74) is 0. The van der Waals surface area contributed by atoms with Gasteiger partial charge in [0, 0.05) is 0 Å². The summed E-state index contributed by atoms with van der Waals surface area (Å²) in [7, 11) is 0. The van der Waals surface area contributed by atoms with Gasteiger partial charge in [0.15, 0.2) is 0 Å². The van der Waals surface area contributed by atoms with Crippen LogP contribution < -0.4 is 51.4 Å². The van der Waals surface area contributed by atoms with E-state index in [0.717, 1.165) is 0 Å². The number of halogens is 2. The van der Waals surface area contributed by atoms with Gasteiger partial charge in [-0.2, -0.15) is 0 Å². The summed E-state index contributed by atoms with van der Waals surface area (Å²) < 4.78 is 0. The Hall–Kier alpha value is 2.14. The Labute approximate surface area is 129 Å². The number of hydrogen-bond acceptors (Lipinski definition) is 2. The van der Waals surface area contributed by atoms with Crippen LogP contribution in [0.2, 0.25) is 0 Å². The van der Waals surface area contributed by atoms with Gasteiger partial charge in [-0.1, -0.05) is 20.8 Å². The molecule has 0 saturated heterocycles. The Morgan fingerprint density at radius 3 is 1.08 bits per heavy atom. The molecule has 0 aliphatic rings. The van der Waals surface area contributed by atoms with Crippen LogP contribution in [0.1, 0.15) is 20.8 Å². The minimum Gasteiger partial charge on any atom is -0.870 e. The zero-order valence-electron chi connectivity index (χ0n) is 8.48. The third kappa shape index (κ3) is 22.7. The first-order valence-corrected chi connectivity index (χ1v) is 4.67. The van der Waals surface area contributed by atoms with Crippen LogP contribution in [-0.4, -0.2) is 35.3 Å². The fourth-order valence-corrected chi connectivity index (χ4v) is 0.671. The molecule has 0 fully saturated rings. The SMILES string of the molecule is CCN(CC)CC.ClCCl.[K+].[OH-]. The van der Waals surface area contributed by atoms with Gasteiger partial charge in [-0.3, -0.25) is 0 Å². The average molecular weight is 242 g/mol. The van der Waals surface area contributed by atoms with E-state index in [0.29, 0.717) is 0 Å². The molecule has 5 heteroatoms. The molecule has 2 nitrogen and oxygen atoms in total. The maximum Gasteiger partial charge on any atom is 1.00 e. The quantitative estimate of drug-likeness (QED) is 0.498. The second-order valence-electron chi connectivity index (χ2n) is 1.72. The number of rotatable bonds is 3. The summed E-state index contributed by atoms with van der Waals surface area (Å²) in [5, 5.41) is 0.194. The van der Waals surface area contributed by atoms with Crippen LogP contribution in [0.3, 0.4) is 0 Å². The summed E-state index contributed by atoms with van der Waals surface area (Å²) in [6.45, 7) is 10.1. The number of alkyl halides is 2. The molecular formula is C7H18Cl2KNO. The van der Waals surface area contributed by atoms with Crippen LogP contribution >= 0.6 is 23.2 Å². The summed E-state index contributed by atoms with van der Waals surface area (Å²) in [6, 6.07) is 0. The van der Waals surface area contributed by atoms with Crippen molar-refractivity contribution in [3.05, 3.63) is 0 Å². The van der Waals surface area contributed by atoms with Gasteiger partial charge in [0.25, 0.3) is 0 Å². The molecule has 0 unspecified atom stereocenters. The van der Waals surface area contributed by atoms with E-state index in [-0.39, 0.29) is 62.2 Å². The topological polar surface area (TPSA) is 33.2 Å². The van der Waals surface area contributed by atoms with Crippen molar-refractivity contribution in [2.24, 2.45) is 0 Å². The molecule has 0 aromatic carbocycles. The van der Waals surface area contributed by atoms with E-state index < -0.39 is 0 Å². The van der Waals surface area contributed by atoms with Crippen molar-refractivity contribution in [2.45, 2.75) is 20.8 Å². The van der Waals surface area contributed by atoms with Gasteiger partial charge in [-0.25, -0.2) is 0 Å². The van der Waals surface area contributed by atoms with Crippen molar-refractivity contribution in [2.75, 3.05) is 25.0 Å². The van der Waals surface area contributed by atoms with Crippen molar-refractivity contribution in [3.8, 4) is 0 Å². The van der Waals surface area contributed by atoms with Gasteiger partial charge < -0.3 is 10.4 Å². The first-order chi connectivity index (χ1) is 4.76. The Morgan fingerprint density at radius 1 is 0.917 bits per heavy atom. The minimum atomic E-state index is 0. The molecule has 0 rings (SSSR count). The fraction of sp³-hybridized carbons (Fsp3) is 1.00. The molecule has 0 aromatic rings. The molecule has 0 atom stereocenters. The predicted octanol–water partition coefficient (Wildman–Crippen LogP) is -0.403. The Bertz CT molecular complexity index is 51.2. The van der Waals surface area contributed by atoms with E-state index in [1.165, 1.54) is 19.6 Å². The molecule has 0 heterocycles. The van der Waals surface area contributed by atoms with E-state index in [1.807, 2.05) is 0 Å². The number of nitrogens with zero attached hydrogens (tertiary/aromatic N) is 1. The standard InChI is InChI=1S/C6H15N.CH2Cl2.K.H2O/c1-4-7(5-2)6-3;2-1-3;;/h4-6H2,1-3H3;1H2;;1H2/q;;+1;/p-1. The smallest absolute Gasteiger partial charge is 0.870 e. The minimum absolute atomic E-state index is 0. The second-order valence-corrected chi connectivity index (χ2v) is 2.53. The molecule has 12 heavy (non-hydrogen) atoms. The summed E-state index contributed by atoms with van der Waals surface area (Å²) >= 11 is 9.53. The third-order valence-corrected chi connectivity index (χ3v) is 1.34. The average Bonchev–Trinajstić information content (AvgIpc) is 1.93. The van der Waals surface area contributed by atoms with E-state index in [9.17, 15) is 0 Å². The molecule has 0 aliphatic carbocycles. The van der Waals surface area contributed by atoms with Crippen LogP contribution in [-0.2, 0) is 0 Å². The van der Waals surface area contributed by atoms with Gasteiger partial charge in [0.2, 0.25) is 0 Å². The molecule has 0 radical (unpaired) electrons. The molecule has 72 valence electrons. The molecule has 0 aliphatic heterocycles. The van der Waals surface area contributed by atoms with Gasteiger partial charge in [0.1, 0.15) is 0 Å². The number of hydrogen-bond donors (Lipinski definition) is 0. The molecule has 0 amide bonds. The van der Waals surface area contributed by atoms with Crippen LogP contribution in [0.5, 0.6) is 0 Å². The molecule has 1 N–H and O–H groups in total. The largest absolute Gasteiger partial charge is 1.00 e. The van der Waals surface area contributed by atoms with E-state index >= 15 is 0 Å². The molecule has 0 saturated carbocycles. The van der Waals surface area contributed by atoms with Crippen molar-refractivity contribution < 1.29 is 56.9 Å². The van der Waals surface area contributed by atoms with Gasteiger partial charge >= 0.3 is 51.4 Å². The second kappa shape index (κ2) is 23.2. The molecule has 0 aromatic heterocycles. The Morgan fingerprint density at radius 2 is 1.08 bits per heavy atom. The predicted molar refractivity (Wildman–Crippen MR) is 52.0 cm³/mol. The molecular weight excluding hydrogens is 224 g/mol. The van der Waals surface area contributed by atoms with Crippen LogP contribution in [0.25, 0.3) is 0 Å².